The van der Waals surface area contributed by atoms with Crippen LogP contribution in [-0.2, 0) is 27.8 Å². The third-order valence-electron chi connectivity index (χ3n) is 8.44. The first-order valence-corrected chi connectivity index (χ1v) is 14.7. The predicted molar refractivity (Wildman–Crippen MR) is 161 cm³/mol. The Kier molecular flexibility index (Phi) is 8.25. The summed E-state index contributed by atoms with van der Waals surface area (Å²) in [6, 6.07) is 25.9. The van der Waals surface area contributed by atoms with Gasteiger partial charge in [0.15, 0.2) is 5.76 Å². The average molecular weight is 536 g/mol. The SMILES string of the molecule is CCOC(=O)C1(c2ccc(-c3ccc(-c4onc(C)c4CCC(C)Cc4ccc(C(C)C)cc4)cc3)cc2)CC1. The van der Waals surface area contributed by atoms with Crippen LogP contribution < -0.4 is 0 Å². The minimum atomic E-state index is -0.436. The molecule has 4 aromatic rings. The lowest BCUT2D eigenvalue weighted by Crippen LogP contribution is -2.23. The van der Waals surface area contributed by atoms with Crippen molar-refractivity contribution < 1.29 is 14.1 Å². The predicted octanol–water partition coefficient (Wildman–Crippen LogP) is 8.85. The van der Waals surface area contributed by atoms with Gasteiger partial charge in [0.2, 0.25) is 0 Å². The number of nitrogens with zero attached hydrogens (tertiary/aromatic N) is 1. The molecular formula is C36H41NO3. The van der Waals surface area contributed by atoms with Gasteiger partial charge in [-0.25, -0.2) is 0 Å². The smallest absolute Gasteiger partial charge is 0.316 e. The lowest BCUT2D eigenvalue weighted by Gasteiger charge is -2.15. The maximum Gasteiger partial charge on any atom is 0.316 e. The summed E-state index contributed by atoms with van der Waals surface area (Å²) in [7, 11) is 0. The molecule has 1 atom stereocenters. The second kappa shape index (κ2) is 11.8. The molecule has 1 unspecified atom stereocenters. The van der Waals surface area contributed by atoms with E-state index in [4.69, 9.17) is 9.26 Å². The zero-order chi connectivity index (χ0) is 28.3. The lowest BCUT2D eigenvalue weighted by molar-refractivity contribution is -0.146. The largest absolute Gasteiger partial charge is 0.465 e. The van der Waals surface area contributed by atoms with E-state index in [0.29, 0.717) is 18.4 Å². The van der Waals surface area contributed by atoms with E-state index < -0.39 is 5.41 Å². The fourth-order valence-electron chi connectivity index (χ4n) is 5.64. The monoisotopic (exact) mass is 535 g/mol. The number of hydrogen-bond acceptors (Lipinski definition) is 4. The van der Waals surface area contributed by atoms with E-state index in [0.717, 1.165) is 65.8 Å². The molecule has 1 heterocycles. The van der Waals surface area contributed by atoms with Gasteiger partial charge >= 0.3 is 5.97 Å². The maximum absolute atomic E-state index is 12.4. The molecule has 1 aliphatic carbocycles. The Balaban J connectivity index is 1.24. The molecule has 0 spiro atoms. The van der Waals surface area contributed by atoms with Crippen molar-refractivity contribution in [3.8, 4) is 22.5 Å². The number of benzene rings is 3. The number of carbonyl (C=O) groups excluding carboxylic acids is 1. The van der Waals surface area contributed by atoms with Gasteiger partial charge in [0.1, 0.15) is 0 Å². The second-order valence-corrected chi connectivity index (χ2v) is 11.8. The highest BCUT2D eigenvalue weighted by atomic mass is 16.5. The minimum Gasteiger partial charge on any atom is -0.465 e. The van der Waals surface area contributed by atoms with Crippen LogP contribution >= 0.6 is 0 Å². The van der Waals surface area contributed by atoms with E-state index >= 15 is 0 Å². The third-order valence-corrected chi connectivity index (χ3v) is 8.44. The van der Waals surface area contributed by atoms with E-state index in [1.54, 1.807) is 0 Å². The van der Waals surface area contributed by atoms with Gasteiger partial charge in [-0.3, -0.25) is 4.79 Å². The molecule has 3 aromatic carbocycles. The fraction of sp³-hybridized carbons (Fsp3) is 0.389. The summed E-state index contributed by atoms with van der Waals surface area (Å²) in [5.74, 6) is 1.91. The Bertz CT molecular complexity index is 1430. The molecule has 5 rings (SSSR count). The van der Waals surface area contributed by atoms with E-state index in [1.165, 1.54) is 16.7 Å². The highest BCUT2D eigenvalue weighted by Crippen LogP contribution is 2.49. The molecule has 1 aliphatic rings. The Labute approximate surface area is 238 Å². The Morgan fingerprint density at radius 1 is 0.900 bits per heavy atom. The lowest BCUT2D eigenvalue weighted by atomic mass is 9.91. The summed E-state index contributed by atoms with van der Waals surface area (Å²) in [4.78, 5) is 12.4. The summed E-state index contributed by atoms with van der Waals surface area (Å²) in [6.45, 7) is 11.1. The van der Waals surface area contributed by atoms with Crippen molar-refractivity contribution in [1.82, 2.24) is 5.16 Å². The molecule has 208 valence electrons. The number of ether oxygens (including phenoxy) is 1. The van der Waals surface area contributed by atoms with Gasteiger partial charge in [-0.2, -0.15) is 0 Å². The van der Waals surface area contributed by atoms with Gasteiger partial charge in [0.25, 0.3) is 0 Å². The molecule has 0 bridgehead atoms. The summed E-state index contributed by atoms with van der Waals surface area (Å²) >= 11 is 0. The molecule has 0 N–H and O–H groups in total. The van der Waals surface area contributed by atoms with Gasteiger partial charge in [-0.15, -0.1) is 0 Å². The van der Waals surface area contributed by atoms with Crippen molar-refractivity contribution in [1.29, 1.82) is 0 Å². The van der Waals surface area contributed by atoms with E-state index in [2.05, 4.69) is 98.7 Å². The van der Waals surface area contributed by atoms with Crippen molar-refractivity contribution >= 4 is 5.97 Å². The van der Waals surface area contributed by atoms with Gasteiger partial charge in [0.05, 0.1) is 17.7 Å². The molecule has 0 amide bonds. The second-order valence-electron chi connectivity index (χ2n) is 11.8. The number of hydrogen-bond donors (Lipinski definition) is 0. The van der Waals surface area contributed by atoms with Gasteiger partial charge in [-0.05, 0) is 85.6 Å². The standard InChI is InChI=1S/C36H41NO3/c1-6-39-35(38)36(21-22-36)32-18-16-30(17-19-32)29-12-14-31(15-13-29)34-33(26(5)37-40-34)20-7-25(4)23-27-8-10-28(11-9-27)24(2)3/h8-19,24-25H,6-7,20-23H2,1-5H3. The van der Waals surface area contributed by atoms with Crippen LogP contribution in [0, 0.1) is 12.8 Å². The Morgan fingerprint density at radius 3 is 2.08 bits per heavy atom. The average Bonchev–Trinajstić information content (AvgIpc) is 3.70. The summed E-state index contributed by atoms with van der Waals surface area (Å²) in [6.07, 6.45) is 4.83. The van der Waals surface area contributed by atoms with Crippen molar-refractivity contribution in [3.63, 3.8) is 0 Å². The fourth-order valence-corrected chi connectivity index (χ4v) is 5.64. The normalized spacial score (nSPS) is 14.8. The Morgan fingerprint density at radius 2 is 1.50 bits per heavy atom. The topological polar surface area (TPSA) is 52.3 Å². The number of aryl methyl sites for hydroxylation is 1. The van der Waals surface area contributed by atoms with Crippen LogP contribution in [0.1, 0.15) is 80.8 Å². The van der Waals surface area contributed by atoms with Crippen LogP contribution in [0.4, 0.5) is 0 Å². The summed E-state index contributed by atoms with van der Waals surface area (Å²) < 4.78 is 11.1. The quantitative estimate of drug-likeness (QED) is 0.180. The molecule has 1 saturated carbocycles. The zero-order valence-electron chi connectivity index (χ0n) is 24.5. The van der Waals surface area contributed by atoms with Crippen LogP contribution in [0.25, 0.3) is 22.5 Å². The first-order chi connectivity index (χ1) is 19.3. The van der Waals surface area contributed by atoms with Crippen LogP contribution in [0.5, 0.6) is 0 Å². The van der Waals surface area contributed by atoms with E-state index in [1.807, 2.05) is 13.8 Å². The van der Waals surface area contributed by atoms with E-state index in [9.17, 15) is 4.79 Å². The molecule has 1 fully saturated rings. The Hall–Kier alpha value is -3.66. The van der Waals surface area contributed by atoms with E-state index in [-0.39, 0.29) is 5.97 Å². The summed E-state index contributed by atoms with van der Waals surface area (Å²) in [5, 5.41) is 4.31. The molecule has 0 radical (unpaired) electrons. The highest BCUT2D eigenvalue weighted by molar-refractivity contribution is 5.87. The highest BCUT2D eigenvalue weighted by Gasteiger charge is 2.52. The van der Waals surface area contributed by atoms with Crippen LogP contribution in [0.3, 0.4) is 0 Å². The van der Waals surface area contributed by atoms with Gasteiger partial charge in [-0.1, -0.05) is 98.7 Å². The number of rotatable bonds is 11. The van der Waals surface area contributed by atoms with Crippen LogP contribution in [0.15, 0.2) is 77.3 Å². The first kappa shape index (κ1) is 27.9. The third kappa shape index (κ3) is 5.91. The molecule has 0 aliphatic heterocycles. The van der Waals surface area contributed by atoms with Gasteiger partial charge < -0.3 is 9.26 Å². The molecule has 4 heteroatoms. The number of esters is 1. The van der Waals surface area contributed by atoms with Crippen LogP contribution in [0.2, 0.25) is 0 Å². The number of carbonyl (C=O) groups is 1. The minimum absolute atomic E-state index is 0.0973. The summed E-state index contributed by atoms with van der Waals surface area (Å²) in [5.41, 5.74) is 8.88. The molecule has 4 nitrogen and oxygen atoms in total. The van der Waals surface area contributed by atoms with Crippen LogP contribution in [-0.4, -0.2) is 17.7 Å². The maximum atomic E-state index is 12.4. The van der Waals surface area contributed by atoms with Crippen molar-refractivity contribution in [2.24, 2.45) is 5.92 Å². The van der Waals surface area contributed by atoms with Crippen molar-refractivity contribution in [2.45, 2.75) is 78.1 Å². The van der Waals surface area contributed by atoms with Crippen molar-refractivity contribution in [2.75, 3.05) is 6.61 Å². The zero-order valence-corrected chi connectivity index (χ0v) is 24.5. The molecule has 40 heavy (non-hydrogen) atoms. The first-order valence-electron chi connectivity index (χ1n) is 14.7. The van der Waals surface area contributed by atoms with Crippen molar-refractivity contribution in [3.05, 3.63) is 101 Å². The molecule has 0 saturated heterocycles. The van der Waals surface area contributed by atoms with Gasteiger partial charge in [0, 0.05) is 11.1 Å². The molecular weight excluding hydrogens is 494 g/mol. The number of aromatic nitrogens is 1. The molecule has 1 aromatic heterocycles.